The number of sulfonamides is 1. The summed E-state index contributed by atoms with van der Waals surface area (Å²) in [6.07, 6.45) is 2.71. The van der Waals surface area contributed by atoms with Crippen LogP contribution in [0.1, 0.15) is 45.1 Å². The number of rotatable bonds is 14. The Labute approximate surface area is 224 Å². The quantitative estimate of drug-likeness (QED) is 0.386. The molecule has 3 rings (SSSR count). The van der Waals surface area contributed by atoms with E-state index in [2.05, 4.69) is 5.32 Å². The molecule has 0 spiro atoms. The van der Waals surface area contributed by atoms with Crippen molar-refractivity contribution in [3.63, 3.8) is 0 Å². The second kappa shape index (κ2) is 13.4. The van der Waals surface area contributed by atoms with Gasteiger partial charge in [-0.05, 0) is 49.1 Å². The van der Waals surface area contributed by atoms with E-state index in [1.165, 1.54) is 4.31 Å². The van der Waals surface area contributed by atoms with E-state index in [1.807, 2.05) is 38.1 Å². The van der Waals surface area contributed by atoms with Gasteiger partial charge in [-0.1, -0.05) is 26.0 Å². The first-order valence-electron chi connectivity index (χ1n) is 12.7. The van der Waals surface area contributed by atoms with E-state index >= 15 is 0 Å². The van der Waals surface area contributed by atoms with E-state index < -0.39 is 16.1 Å². The number of nitrogens with zero attached hydrogens (tertiary/aromatic N) is 2. The lowest BCUT2D eigenvalue weighted by atomic mass is 10.1. The molecule has 1 atom stereocenters. The van der Waals surface area contributed by atoms with Crippen LogP contribution in [0.4, 0.5) is 5.69 Å². The molecule has 0 saturated heterocycles. The normalized spacial score (nSPS) is 13.1. The number of fused-ring (bicyclic) bond motifs is 1. The SMILES string of the molecule is CCCNC(=O)C(CC)N(Cc1ccc(OC)cc1)C(=O)CCCN(c1ccc2c(c1)OCO2)S(C)(=O)=O. The molecule has 0 aliphatic carbocycles. The zero-order valence-corrected chi connectivity index (χ0v) is 23.3. The summed E-state index contributed by atoms with van der Waals surface area (Å²) in [4.78, 5) is 28.0. The van der Waals surface area contributed by atoms with Crippen molar-refractivity contribution in [3.05, 3.63) is 48.0 Å². The van der Waals surface area contributed by atoms with Crippen LogP contribution < -0.4 is 23.8 Å². The second-order valence-electron chi connectivity index (χ2n) is 9.06. The molecular formula is C27H37N3O7S. The van der Waals surface area contributed by atoms with Gasteiger partial charge in [0, 0.05) is 32.1 Å². The summed E-state index contributed by atoms with van der Waals surface area (Å²) in [5, 5.41) is 2.90. The smallest absolute Gasteiger partial charge is 0.242 e. The second-order valence-corrected chi connectivity index (χ2v) is 11.0. The van der Waals surface area contributed by atoms with Gasteiger partial charge < -0.3 is 24.4 Å². The number of nitrogens with one attached hydrogen (secondary N) is 1. The van der Waals surface area contributed by atoms with Crippen LogP contribution in [0.2, 0.25) is 0 Å². The highest BCUT2D eigenvalue weighted by Crippen LogP contribution is 2.36. The lowest BCUT2D eigenvalue weighted by Crippen LogP contribution is -2.49. The molecule has 0 fully saturated rings. The fourth-order valence-corrected chi connectivity index (χ4v) is 5.21. The van der Waals surface area contributed by atoms with Crippen molar-refractivity contribution in [1.29, 1.82) is 0 Å². The van der Waals surface area contributed by atoms with E-state index in [0.29, 0.717) is 35.9 Å². The van der Waals surface area contributed by atoms with Gasteiger partial charge >= 0.3 is 0 Å². The van der Waals surface area contributed by atoms with Crippen LogP contribution in [0.15, 0.2) is 42.5 Å². The summed E-state index contributed by atoms with van der Waals surface area (Å²) >= 11 is 0. The lowest BCUT2D eigenvalue weighted by Gasteiger charge is -2.31. The van der Waals surface area contributed by atoms with Gasteiger partial charge in [-0.25, -0.2) is 8.42 Å². The van der Waals surface area contributed by atoms with Gasteiger partial charge in [0.1, 0.15) is 11.8 Å². The minimum absolute atomic E-state index is 0.0737. The van der Waals surface area contributed by atoms with Crippen molar-refractivity contribution in [2.24, 2.45) is 0 Å². The van der Waals surface area contributed by atoms with Gasteiger partial charge in [0.05, 0.1) is 19.1 Å². The summed E-state index contributed by atoms with van der Waals surface area (Å²) in [6.45, 7) is 4.79. The van der Waals surface area contributed by atoms with Crippen LogP contribution in [-0.2, 0) is 26.2 Å². The van der Waals surface area contributed by atoms with Crippen LogP contribution in [0.25, 0.3) is 0 Å². The van der Waals surface area contributed by atoms with Crippen molar-refractivity contribution in [2.45, 2.75) is 52.1 Å². The van der Waals surface area contributed by atoms with Crippen LogP contribution in [0, 0.1) is 0 Å². The summed E-state index contributed by atoms with van der Waals surface area (Å²) < 4.78 is 42.3. The van der Waals surface area contributed by atoms with E-state index in [-0.39, 0.29) is 44.5 Å². The summed E-state index contributed by atoms with van der Waals surface area (Å²) in [5.74, 6) is 1.30. The Morgan fingerprint density at radius 3 is 2.42 bits per heavy atom. The number of methoxy groups -OCH3 is 1. The Kier molecular flexibility index (Phi) is 10.2. The van der Waals surface area contributed by atoms with Crippen molar-refractivity contribution >= 4 is 27.5 Å². The first-order valence-corrected chi connectivity index (χ1v) is 14.6. The fourth-order valence-electron chi connectivity index (χ4n) is 4.26. The standard InChI is InChI=1S/C27H37N3O7S/c1-5-15-28-27(32)23(6-2)29(18-20-9-12-22(35-3)13-10-20)26(31)8-7-16-30(38(4,33)34)21-11-14-24-25(17-21)37-19-36-24/h9-14,17,23H,5-8,15-16,18-19H2,1-4H3,(H,28,32). The Hall–Kier alpha value is -3.47. The predicted octanol–water partition coefficient (Wildman–Crippen LogP) is 3.30. The van der Waals surface area contributed by atoms with Crippen LogP contribution in [0.3, 0.4) is 0 Å². The summed E-state index contributed by atoms with van der Waals surface area (Å²) in [7, 11) is -2.03. The van der Waals surface area contributed by atoms with E-state index in [0.717, 1.165) is 18.2 Å². The van der Waals surface area contributed by atoms with Gasteiger partial charge in [-0.3, -0.25) is 13.9 Å². The number of ether oxygens (including phenoxy) is 3. The number of hydrogen-bond donors (Lipinski definition) is 1. The van der Waals surface area contributed by atoms with Crippen LogP contribution >= 0.6 is 0 Å². The Bertz CT molecular complexity index is 1200. The first kappa shape index (κ1) is 29.1. The van der Waals surface area contributed by atoms with Crippen molar-refractivity contribution in [2.75, 3.05) is 37.6 Å². The van der Waals surface area contributed by atoms with Gasteiger partial charge in [0.25, 0.3) is 0 Å². The largest absolute Gasteiger partial charge is 0.497 e. The molecule has 2 aromatic carbocycles. The van der Waals surface area contributed by atoms with Gasteiger partial charge in [-0.2, -0.15) is 0 Å². The molecule has 1 unspecified atom stereocenters. The molecule has 1 aliphatic heterocycles. The van der Waals surface area contributed by atoms with Crippen molar-refractivity contribution in [3.8, 4) is 17.2 Å². The molecular weight excluding hydrogens is 510 g/mol. The molecule has 0 aromatic heterocycles. The van der Waals surface area contributed by atoms with Crippen LogP contribution in [-0.4, -0.2) is 64.4 Å². The monoisotopic (exact) mass is 547 g/mol. The average molecular weight is 548 g/mol. The molecule has 1 aliphatic rings. The van der Waals surface area contributed by atoms with Crippen LogP contribution in [0.5, 0.6) is 17.2 Å². The van der Waals surface area contributed by atoms with E-state index in [9.17, 15) is 18.0 Å². The molecule has 0 radical (unpaired) electrons. The molecule has 0 bridgehead atoms. The molecule has 10 nitrogen and oxygen atoms in total. The third-order valence-corrected chi connectivity index (χ3v) is 7.44. The summed E-state index contributed by atoms with van der Waals surface area (Å²) in [6, 6.07) is 11.6. The summed E-state index contributed by atoms with van der Waals surface area (Å²) in [5.41, 5.74) is 1.30. The number of hydrogen-bond acceptors (Lipinski definition) is 7. The van der Waals surface area contributed by atoms with E-state index in [1.54, 1.807) is 30.2 Å². The molecule has 1 N–H and O–H groups in total. The highest BCUT2D eigenvalue weighted by atomic mass is 32.2. The maximum Gasteiger partial charge on any atom is 0.242 e. The number of benzene rings is 2. The number of carbonyl (C=O) groups excluding carboxylic acids is 2. The molecule has 2 amide bonds. The van der Waals surface area contributed by atoms with Crippen molar-refractivity contribution in [1.82, 2.24) is 10.2 Å². The van der Waals surface area contributed by atoms with Crippen molar-refractivity contribution < 1.29 is 32.2 Å². The highest BCUT2D eigenvalue weighted by molar-refractivity contribution is 7.92. The molecule has 38 heavy (non-hydrogen) atoms. The minimum atomic E-state index is -3.62. The first-order chi connectivity index (χ1) is 18.2. The average Bonchev–Trinajstić information content (AvgIpc) is 3.37. The number of anilines is 1. The Morgan fingerprint density at radius 2 is 1.79 bits per heavy atom. The minimum Gasteiger partial charge on any atom is -0.497 e. The highest BCUT2D eigenvalue weighted by Gasteiger charge is 2.29. The maximum absolute atomic E-state index is 13.5. The molecule has 0 saturated carbocycles. The third kappa shape index (κ3) is 7.53. The van der Waals surface area contributed by atoms with Gasteiger partial charge in [-0.15, -0.1) is 0 Å². The third-order valence-electron chi connectivity index (χ3n) is 6.24. The number of carbonyl (C=O) groups is 2. The zero-order valence-electron chi connectivity index (χ0n) is 22.4. The van der Waals surface area contributed by atoms with E-state index in [4.69, 9.17) is 14.2 Å². The zero-order chi connectivity index (χ0) is 27.7. The lowest BCUT2D eigenvalue weighted by molar-refractivity contribution is -0.141. The van der Waals surface area contributed by atoms with Gasteiger partial charge in [0.2, 0.25) is 28.6 Å². The number of amides is 2. The maximum atomic E-state index is 13.5. The molecule has 11 heteroatoms. The Morgan fingerprint density at radius 1 is 1.08 bits per heavy atom. The molecule has 208 valence electrons. The molecule has 2 aromatic rings. The predicted molar refractivity (Wildman–Crippen MR) is 145 cm³/mol. The fraction of sp³-hybridized carbons (Fsp3) is 0.481. The Balaban J connectivity index is 1.75. The molecule has 1 heterocycles. The topological polar surface area (TPSA) is 114 Å². The van der Waals surface area contributed by atoms with Gasteiger partial charge in [0.15, 0.2) is 11.5 Å².